The molecule has 1 aliphatic rings. The Kier molecular flexibility index (Phi) is 4.28. The van der Waals surface area contributed by atoms with Crippen LogP contribution in [0.25, 0.3) is 0 Å². The fourth-order valence-corrected chi connectivity index (χ4v) is 3.44. The fourth-order valence-electron chi connectivity index (χ4n) is 2.28. The molecule has 2 heterocycles. The molecule has 21 heavy (non-hydrogen) atoms. The predicted octanol–water partition coefficient (Wildman–Crippen LogP) is 0.408. The van der Waals surface area contributed by atoms with E-state index in [0.717, 1.165) is 0 Å². The smallest absolute Gasteiger partial charge is 0.333 e. The van der Waals surface area contributed by atoms with Crippen LogP contribution in [0.5, 0.6) is 0 Å². The van der Waals surface area contributed by atoms with Gasteiger partial charge in [-0.2, -0.15) is 4.31 Å². The molecule has 116 valence electrons. The Morgan fingerprint density at radius 2 is 2.33 bits per heavy atom. The van der Waals surface area contributed by atoms with Gasteiger partial charge in [0.1, 0.15) is 5.69 Å². The van der Waals surface area contributed by atoms with Crippen molar-refractivity contribution in [1.29, 1.82) is 0 Å². The van der Waals surface area contributed by atoms with Gasteiger partial charge in [-0.3, -0.25) is 10.1 Å². The standard InChI is InChI=1S/C11H17N5O4S/c1-2-21(19,20)15-6-4-8(7-15)14-9-3-5-13-11(12)10(9)16(17)18/h3,5,8H,2,4,6-7H2,1H3,(H3,12,13,14). The Morgan fingerprint density at radius 1 is 1.62 bits per heavy atom. The Morgan fingerprint density at radius 3 is 2.95 bits per heavy atom. The minimum absolute atomic E-state index is 0.0437. The number of nitrogen functional groups attached to an aromatic ring is 1. The number of hydrogen-bond donors (Lipinski definition) is 2. The molecule has 0 radical (unpaired) electrons. The highest BCUT2D eigenvalue weighted by Gasteiger charge is 2.31. The fraction of sp³-hybridized carbons (Fsp3) is 0.545. The summed E-state index contributed by atoms with van der Waals surface area (Å²) < 4.78 is 25.0. The summed E-state index contributed by atoms with van der Waals surface area (Å²) in [6.07, 6.45) is 1.96. The Labute approximate surface area is 122 Å². The zero-order valence-corrected chi connectivity index (χ0v) is 12.3. The van der Waals surface area contributed by atoms with Crippen molar-refractivity contribution >= 4 is 27.2 Å². The van der Waals surface area contributed by atoms with E-state index >= 15 is 0 Å². The van der Waals surface area contributed by atoms with Crippen molar-refractivity contribution < 1.29 is 13.3 Å². The summed E-state index contributed by atoms with van der Waals surface area (Å²) in [5.41, 5.74) is 5.49. The molecule has 0 bridgehead atoms. The number of rotatable bonds is 5. The third-order valence-electron chi connectivity index (χ3n) is 3.40. The van der Waals surface area contributed by atoms with Gasteiger partial charge in [-0.15, -0.1) is 0 Å². The number of nitro groups is 1. The molecule has 0 spiro atoms. The van der Waals surface area contributed by atoms with E-state index in [0.29, 0.717) is 13.0 Å². The Hall–Kier alpha value is -1.94. The Bertz CT molecular complexity index is 648. The highest BCUT2D eigenvalue weighted by molar-refractivity contribution is 7.89. The van der Waals surface area contributed by atoms with Gasteiger partial charge in [-0.25, -0.2) is 13.4 Å². The normalized spacial score (nSPS) is 19.6. The maximum absolute atomic E-state index is 11.8. The van der Waals surface area contributed by atoms with Gasteiger partial charge in [0.15, 0.2) is 0 Å². The van der Waals surface area contributed by atoms with Gasteiger partial charge >= 0.3 is 5.69 Å². The van der Waals surface area contributed by atoms with Crippen molar-refractivity contribution in [2.45, 2.75) is 19.4 Å². The van der Waals surface area contributed by atoms with E-state index in [1.165, 1.54) is 16.6 Å². The molecular formula is C11H17N5O4S. The van der Waals surface area contributed by atoms with E-state index < -0.39 is 14.9 Å². The first-order chi connectivity index (χ1) is 9.85. The van der Waals surface area contributed by atoms with Crippen LogP contribution in [0.3, 0.4) is 0 Å². The highest BCUT2D eigenvalue weighted by Crippen LogP contribution is 2.30. The van der Waals surface area contributed by atoms with Crippen LogP contribution in [0, 0.1) is 10.1 Å². The number of nitrogens with two attached hydrogens (primary N) is 1. The molecule has 1 aromatic rings. The lowest BCUT2D eigenvalue weighted by molar-refractivity contribution is -0.383. The lowest BCUT2D eigenvalue weighted by atomic mass is 10.2. The number of anilines is 2. The summed E-state index contributed by atoms with van der Waals surface area (Å²) in [5.74, 6) is -0.122. The number of nitrogens with zero attached hydrogens (tertiary/aromatic N) is 3. The first kappa shape index (κ1) is 15.4. The van der Waals surface area contributed by atoms with Crippen molar-refractivity contribution in [1.82, 2.24) is 9.29 Å². The number of sulfonamides is 1. The van der Waals surface area contributed by atoms with Crippen LogP contribution in [0.4, 0.5) is 17.2 Å². The molecule has 1 fully saturated rings. The van der Waals surface area contributed by atoms with Crippen LogP contribution in [-0.2, 0) is 10.0 Å². The second kappa shape index (κ2) is 5.82. The third kappa shape index (κ3) is 3.22. The number of nitrogens with one attached hydrogen (secondary N) is 1. The molecule has 1 saturated heterocycles. The topological polar surface area (TPSA) is 131 Å². The lowest BCUT2D eigenvalue weighted by Gasteiger charge is -2.16. The molecule has 2 rings (SSSR count). The molecular weight excluding hydrogens is 298 g/mol. The summed E-state index contributed by atoms with van der Waals surface area (Å²) in [6.45, 7) is 2.28. The van der Waals surface area contributed by atoms with Gasteiger partial charge in [0.25, 0.3) is 0 Å². The van der Waals surface area contributed by atoms with Gasteiger partial charge < -0.3 is 11.1 Å². The molecule has 3 N–H and O–H groups in total. The number of aromatic nitrogens is 1. The van der Waals surface area contributed by atoms with Crippen molar-refractivity contribution in [2.75, 3.05) is 29.9 Å². The predicted molar refractivity (Wildman–Crippen MR) is 78.4 cm³/mol. The third-order valence-corrected chi connectivity index (χ3v) is 5.25. The summed E-state index contributed by atoms with van der Waals surface area (Å²) in [4.78, 5) is 14.1. The summed E-state index contributed by atoms with van der Waals surface area (Å²) in [5, 5.41) is 14.0. The van der Waals surface area contributed by atoms with Crippen LogP contribution in [0.15, 0.2) is 12.3 Å². The lowest BCUT2D eigenvalue weighted by Crippen LogP contribution is -2.32. The van der Waals surface area contributed by atoms with Crippen molar-refractivity contribution in [3.8, 4) is 0 Å². The molecule has 1 aromatic heterocycles. The van der Waals surface area contributed by atoms with E-state index in [1.807, 2.05) is 0 Å². The van der Waals surface area contributed by atoms with Crippen molar-refractivity contribution in [2.24, 2.45) is 0 Å². The minimum Gasteiger partial charge on any atom is -0.378 e. The molecule has 9 nitrogen and oxygen atoms in total. The van der Waals surface area contributed by atoms with Gasteiger partial charge in [0, 0.05) is 25.3 Å². The van der Waals surface area contributed by atoms with E-state index in [-0.39, 0.29) is 35.5 Å². The molecule has 0 amide bonds. The monoisotopic (exact) mass is 315 g/mol. The summed E-state index contributed by atoms with van der Waals surface area (Å²) in [7, 11) is -3.24. The Balaban J connectivity index is 2.15. The zero-order chi connectivity index (χ0) is 15.6. The molecule has 0 aliphatic carbocycles. The van der Waals surface area contributed by atoms with Gasteiger partial charge in [0.2, 0.25) is 15.8 Å². The average Bonchev–Trinajstić information content (AvgIpc) is 2.87. The van der Waals surface area contributed by atoms with Crippen LogP contribution < -0.4 is 11.1 Å². The van der Waals surface area contributed by atoms with Gasteiger partial charge in [-0.05, 0) is 19.4 Å². The number of hydrogen-bond acceptors (Lipinski definition) is 7. The SMILES string of the molecule is CCS(=O)(=O)N1CCC(Nc2ccnc(N)c2[N+](=O)[O-])C1. The average molecular weight is 315 g/mol. The minimum atomic E-state index is -3.24. The van der Waals surface area contributed by atoms with Crippen LogP contribution in [0.2, 0.25) is 0 Å². The molecule has 1 aliphatic heterocycles. The molecule has 1 atom stereocenters. The number of pyridine rings is 1. The van der Waals surface area contributed by atoms with Crippen molar-refractivity contribution in [3.05, 3.63) is 22.4 Å². The van der Waals surface area contributed by atoms with Gasteiger partial charge in [0.05, 0.1) is 10.7 Å². The zero-order valence-electron chi connectivity index (χ0n) is 11.5. The van der Waals surface area contributed by atoms with Crippen LogP contribution in [-0.4, -0.2) is 47.5 Å². The molecule has 0 saturated carbocycles. The quantitative estimate of drug-likeness (QED) is 0.594. The van der Waals surface area contributed by atoms with E-state index in [2.05, 4.69) is 10.3 Å². The van der Waals surface area contributed by atoms with E-state index in [1.54, 1.807) is 6.92 Å². The highest BCUT2D eigenvalue weighted by atomic mass is 32.2. The van der Waals surface area contributed by atoms with Crippen LogP contribution >= 0.6 is 0 Å². The van der Waals surface area contributed by atoms with Crippen LogP contribution in [0.1, 0.15) is 13.3 Å². The van der Waals surface area contributed by atoms with Gasteiger partial charge in [-0.1, -0.05) is 0 Å². The van der Waals surface area contributed by atoms with E-state index in [4.69, 9.17) is 5.73 Å². The summed E-state index contributed by atoms with van der Waals surface area (Å²) >= 11 is 0. The second-order valence-electron chi connectivity index (χ2n) is 4.74. The first-order valence-corrected chi connectivity index (χ1v) is 8.09. The maximum Gasteiger partial charge on any atom is 0.333 e. The molecule has 1 unspecified atom stereocenters. The first-order valence-electron chi connectivity index (χ1n) is 6.48. The largest absolute Gasteiger partial charge is 0.378 e. The maximum atomic E-state index is 11.8. The molecule has 10 heteroatoms. The summed E-state index contributed by atoms with van der Waals surface area (Å²) in [6, 6.07) is 1.28. The molecule has 0 aromatic carbocycles. The second-order valence-corrected chi connectivity index (χ2v) is 7.00. The van der Waals surface area contributed by atoms with Crippen molar-refractivity contribution in [3.63, 3.8) is 0 Å². The van der Waals surface area contributed by atoms with E-state index in [9.17, 15) is 18.5 Å².